The molecule has 3 aromatic rings. The average molecular weight is 268 g/mol. The van der Waals surface area contributed by atoms with Crippen molar-refractivity contribution in [1.29, 1.82) is 0 Å². The number of H-pyrrole nitrogens is 1. The van der Waals surface area contributed by atoms with Crippen molar-refractivity contribution < 1.29 is 14.3 Å². The van der Waals surface area contributed by atoms with Crippen LogP contribution in [0, 0.1) is 0 Å². The van der Waals surface area contributed by atoms with E-state index >= 15 is 0 Å². The van der Waals surface area contributed by atoms with Crippen molar-refractivity contribution in [3.8, 4) is 11.5 Å². The Kier molecular flexibility index (Phi) is 3.09. The van der Waals surface area contributed by atoms with E-state index in [0.717, 1.165) is 5.52 Å². The summed E-state index contributed by atoms with van der Waals surface area (Å²) in [5, 5.41) is 0. The van der Waals surface area contributed by atoms with Crippen molar-refractivity contribution in [3.05, 3.63) is 54.4 Å². The standard InChI is InChI=1S/C15H12N2O3/c1-19-10-4-6-11(7-5-10)20-15(18)12-9-17-13-3-2-8-16-14(12)13/h2-9,17H,1H3. The van der Waals surface area contributed by atoms with E-state index in [-0.39, 0.29) is 0 Å². The van der Waals surface area contributed by atoms with E-state index in [1.807, 2.05) is 6.07 Å². The molecular formula is C15H12N2O3. The lowest BCUT2D eigenvalue weighted by Crippen LogP contribution is -2.08. The zero-order valence-corrected chi connectivity index (χ0v) is 10.8. The predicted octanol–water partition coefficient (Wildman–Crippen LogP) is 2.79. The maximum absolute atomic E-state index is 12.1. The van der Waals surface area contributed by atoms with Gasteiger partial charge >= 0.3 is 5.97 Å². The average Bonchev–Trinajstić information content (AvgIpc) is 2.92. The molecule has 0 saturated heterocycles. The van der Waals surface area contributed by atoms with Crippen molar-refractivity contribution >= 4 is 17.0 Å². The molecule has 100 valence electrons. The van der Waals surface area contributed by atoms with Gasteiger partial charge in [-0.25, -0.2) is 4.79 Å². The molecule has 2 heterocycles. The Balaban J connectivity index is 1.85. The first-order chi connectivity index (χ1) is 9.78. The number of nitrogens with zero attached hydrogens (tertiary/aromatic N) is 1. The summed E-state index contributed by atoms with van der Waals surface area (Å²) in [4.78, 5) is 19.3. The summed E-state index contributed by atoms with van der Waals surface area (Å²) in [6.07, 6.45) is 3.24. The molecule has 0 aliphatic rings. The van der Waals surface area contributed by atoms with Crippen LogP contribution in [-0.4, -0.2) is 23.0 Å². The van der Waals surface area contributed by atoms with Crippen LogP contribution in [0.4, 0.5) is 0 Å². The molecule has 0 amide bonds. The maximum Gasteiger partial charge on any atom is 0.347 e. The Morgan fingerprint density at radius 2 is 1.90 bits per heavy atom. The third kappa shape index (κ3) is 2.21. The van der Waals surface area contributed by atoms with E-state index in [2.05, 4.69) is 9.97 Å². The number of methoxy groups -OCH3 is 1. The molecule has 5 heteroatoms. The van der Waals surface area contributed by atoms with Crippen LogP contribution in [0.5, 0.6) is 11.5 Å². The number of pyridine rings is 1. The first-order valence-electron chi connectivity index (χ1n) is 6.06. The van der Waals surface area contributed by atoms with Gasteiger partial charge in [0, 0.05) is 12.4 Å². The van der Waals surface area contributed by atoms with Crippen LogP contribution in [-0.2, 0) is 0 Å². The number of hydrogen-bond acceptors (Lipinski definition) is 4. The largest absolute Gasteiger partial charge is 0.497 e. The third-order valence-corrected chi connectivity index (χ3v) is 2.92. The first kappa shape index (κ1) is 12.2. The minimum Gasteiger partial charge on any atom is -0.497 e. The molecule has 3 rings (SSSR count). The van der Waals surface area contributed by atoms with Gasteiger partial charge in [0.05, 0.1) is 12.6 Å². The molecule has 1 N–H and O–H groups in total. The lowest BCUT2D eigenvalue weighted by atomic mass is 10.2. The highest BCUT2D eigenvalue weighted by Crippen LogP contribution is 2.20. The fraction of sp³-hybridized carbons (Fsp3) is 0.0667. The SMILES string of the molecule is COc1ccc(OC(=O)c2c[nH]c3cccnc23)cc1. The maximum atomic E-state index is 12.1. The van der Waals surface area contributed by atoms with Gasteiger partial charge in [-0.1, -0.05) is 0 Å². The number of esters is 1. The van der Waals surface area contributed by atoms with E-state index in [1.165, 1.54) is 0 Å². The number of carbonyl (C=O) groups excluding carboxylic acids is 1. The third-order valence-electron chi connectivity index (χ3n) is 2.92. The Hall–Kier alpha value is -2.82. The second-order valence-electron chi connectivity index (χ2n) is 4.17. The van der Waals surface area contributed by atoms with E-state index < -0.39 is 5.97 Å². The van der Waals surface area contributed by atoms with E-state index in [1.54, 1.807) is 49.8 Å². The zero-order valence-electron chi connectivity index (χ0n) is 10.8. The van der Waals surface area contributed by atoms with Gasteiger partial charge in [-0.3, -0.25) is 4.98 Å². The van der Waals surface area contributed by atoms with Gasteiger partial charge in [-0.15, -0.1) is 0 Å². The number of carbonyl (C=O) groups is 1. The zero-order chi connectivity index (χ0) is 13.9. The summed E-state index contributed by atoms with van der Waals surface area (Å²) in [6, 6.07) is 10.5. The van der Waals surface area contributed by atoms with Gasteiger partial charge in [0.2, 0.25) is 0 Å². The van der Waals surface area contributed by atoms with Crippen LogP contribution in [0.25, 0.3) is 11.0 Å². The number of aromatic amines is 1. The van der Waals surface area contributed by atoms with Gasteiger partial charge in [0.1, 0.15) is 22.6 Å². The van der Waals surface area contributed by atoms with Crippen LogP contribution >= 0.6 is 0 Å². The second kappa shape index (κ2) is 5.05. The highest BCUT2D eigenvalue weighted by Gasteiger charge is 2.15. The molecule has 2 aromatic heterocycles. The van der Waals surface area contributed by atoms with Gasteiger partial charge in [-0.2, -0.15) is 0 Å². The molecule has 0 fully saturated rings. The highest BCUT2D eigenvalue weighted by atomic mass is 16.5. The van der Waals surface area contributed by atoms with Crippen LogP contribution in [0.1, 0.15) is 10.4 Å². The summed E-state index contributed by atoms with van der Waals surface area (Å²) >= 11 is 0. The summed E-state index contributed by atoms with van der Waals surface area (Å²) < 4.78 is 10.4. The number of fused-ring (bicyclic) bond motifs is 1. The molecular weight excluding hydrogens is 256 g/mol. The van der Waals surface area contributed by atoms with Gasteiger partial charge in [0.15, 0.2) is 0 Å². The number of benzene rings is 1. The Morgan fingerprint density at radius 1 is 1.15 bits per heavy atom. The van der Waals surface area contributed by atoms with Gasteiger partial charge in [-0.05, 0) is 36.4 Å². The molecule has 0 atom stereocenters. The number of rotatable bonds is 3. The Labute approximate surface area is 115 Å². The molecule has 0 bridgehead atoms. The number of ether oxygens (including phenoxy) is 2. The van der Waals surface area contributed by atoms with Crippen molar-refractivity contribution in [2.45, 2.75) is 0 Å². The smallest absolute Gasteiger partial charge is 0.347 e. The molecule has 0 spiro atoms. The normalized spacial score (nSPS) is 10.4. The topological polar surface area (TPSA) is 64.2 Å². The summed E-state index contributed by atoms with van der Waals surface area (Å²) in [5.41, 5.74) is 1.82. The van der Waals surface area contributed by atoms with E-state index in [4.69, 9.17) is 9.47 Å². The molecule has 5 nitrogen and oxygen atoms in total. The van der Waals surface area contributed by atoms with Crippen LogP contribution in [0.2, 0.25) is 0 Å². The fourth-order valence-corrected chi connectivity index (χ4v) is 1.92. The van der Waals surface area contributed by atoms with E-state index in [9.17, 15) is 4.79 Å². The van der Waals surface area contributed by atoms with Crippen molar-refractivity contribution in [1.82, 2.24) is 9.97 Å². The summed E-state index contributed by atoms with van der Waals surface area (Å²) in [6.45, 7) is 0. The second-order valence-corrected chi connectivity index (χ2v) is 4.17. The van der Waals surface area contributed by atoms with Gasteiger partial charge < -0.3 is 14.5 Å². The predicted molar refractivity (Wildman–Crippen MR) is 74.0 cm³/mol. The summed E-state index contributed by atoms with van der Waals surface area (Å²) in [5.74, 6) is 0.722. The number of aromatic nitrogens is 2. The minimum absolute atomic E-state index is 0.413. The van der Waals surface area contributed by atoms with Crippen molar-refractivity contribution in [2.75, 3.05) is 7.11 Å². The highest BCUT2D eigenvalue weighted by molar-refractivity contribution is 6.03. The molecule has 1 aromatic carbocycles. The van der Waals surface area contributed by atoms with Crippen LogP contribution in [0.3, 0.4) is 0 Å². The quantitative estimate of drug-likeness (QED) is 0.586. The van der Waals surface area contributed by atoms with Crippen molar-refractivity contribution in [3.63, 3.8) is 0 Å². The first-order valence-corrected chi connectivity index (χ1v) is 6.06. The molecule has 20 heavy (non-hydrogen) atoms. The number of hydrogen-bond donors (Lipinski definition) is 1. The monoisotopic (exact) mass is 268 g/mol. The molecule has 0 radical (unpaired) electrons. The number of nitrogens with one attached hydrogen (secondary N) is 1. The van der Waals surface area contributed by atoms with E-state index in [0.29, 0.717) is 22.6 Å². The van der Waals surface area contributed by atoms with Crippen LogP contribution in [0.15, 0.2) is 48.8 Å². The molecule has 0 unspecified atom stereocenters. The molecule has 0 aliphatic carbocycles. The summed E-state index contributed by atoms with van der Waals surface area (Å²) in [7, 11) is 1.58. The van der Waals surface area contributed by atoms with Crippen molar-refractivity contribution in [2.24, 2.45) is 0 Å². The molecule has 0 saturated carbocycles. The Morgan fingerprint density at radius 3 is 2.65 bits per heavy atom. The van der Waals surface area contributed by atoms with Crippen LogP contribution < -0.4 is 9.47 Å². The lowest BCUT2D eigenvalue weighted by molar-refractivity contribution is 0.0736. The van der Waals surface area contributed by atoms with Gasteiger partial charge in [0.25, 0.3) is 0 Å². The Bertz CT molecular complexity index is 747. The fourth-order valence-electron chi connectivity index (χ4n) is 1.92. The molecule has 0 aliphatic heterocycles. The minimum atomic E-state index is -0.444. The lowest BCUT2D eigenvalue weighted by Gasteiger charge is -2.04.